The number of hydrogen-bond donors (Lipinski definition) is 2. The summed E-state index contributed by atoms with van der Waals surface area (Å²) in [6.45, 7) is 4.59. The number of aryl methyl sites for hydroxylation is 1. The van der Waals surface area contributed by atoms with Crippen molar-refractivity contribution in [2.45, 2.75) is 45.3 Å². The standard InChI is InChI=1S/C21H28N2O2/c1-16(9-10-18-7-5-4-6-8-18)23-21(24)17(2)22-15-19-11-13-20(25-3)14-12-19/h4-8,11-14,16-17,22H,9-10,15H2,1-3H3,(H,23,24)/t16-,17-/m1/s1. The van der Waals surface area contributed by atoms with Crippen molar-refractivity contribution < 1.29 is 9.53 Å². The van der Waals surface area contributed by atoms with Gasteiger partial charge in [-0.3, -0.25) is 4.79 Å². The van der Waals surface area contributed by atoms with Crippen LogP contribution in [0.1, 0.15) is 31.4 Å². The summed E-state index contributed by atoms with van der Waals surface area (Å²) in [5, 5.41) is 6.35. The first-order valence-electron chi connectivity index (χ1n) is 8.79. The van der Waals surface area contributed by atoms with Crippen LogP contribution in [0.2, 0.25) is 0 Å². The van der Waals surface area contributed by atoms with Gasteiger partial charge in [0.05, 0.1) is 13.2 Å². The Morgan fingerprint density at radius 3 is 2.32 bits per heavy atom. The van der Waals surface area contributed by atoms with Gasteiger partial charge in [-0.2, -0.15) is 0 Å². The third kappa shape index (κ3) is 6.59. The molecule has 0 aliphatic heterocycles. The molecular weight excluding hydrogens is 312 g/mol. The van der Waals surface area contributed by atoms with Crippen molar-refractivity contribution in [1.29, 1.82) is 0 Å². The molecule has 0 bridgehead atoms. The van der Waals surface area contributed by atoms with E-state index in [1.807, 2.05) is 49.4 Å². The number of rotatable bonds is 9. The summed E-state index contributed by atoms with van der Waals surface area (Å²) < 4.78 is 5.15. The Morgan fingerprint density at radius 1 is 1.00 bits per heavy atom. The van der Waals surface area contributed by atoms with Crippen LogP contribution in [0.3, 0.4) is 0 Å². The Bertz CT molecular complexity index is 641. The number of nitrogens with one attached hydrogen (secondary N) is 2. The second-order valence-electron chi connectivity index (χ2n) is 6.38. The summed E-state index contributed by atoms with van der Waals surface area (Å²) in [5.74, 6) is 0.871. The van der Waals surface area contributed by atoms with E-state index >= 15 is 0 Å². The first kappa shape index (κ1) is 19.0. The number of carbonyl (C=O) groups is 1. The van der Waals surface area contributed by atoms with Crippen LogP contribution >= 0.6 is 0 Å². The minimum atomic E-state index is -0.235. The average molecular weight is 340 g/mol. The van der Waals surface area contributed by atoms with Crippen LogP contribution in [0.25, 0.3) is 0 Å². The summed E-state index contributed by atoms with van der Waals surface area (Å²) in [5.41, 5.74) is 2.42. The Labute approximate surface area is 150 Å². The highest BCUT2D eigenvalue weighted by molar-refractivity contribution is 5.81. The summed E-state index contributed by atoms with van der Waals surface area (Å²) in [7, 11) is 1.65. The van der Waals surface area contributed by atoms with Crippen LogP contribution in [0.5, 0.6) is 5.75 Å². The Hall–Kier alpha value is -2.33. The van der Waals surface area contributed by atoms with Gasteiger partial charge in [0.15, 0.2) is 0 Å². The Morgan fingerprint density at radius 2 is 1.68 bits per heavy atom. The monoisotopic (exact) mass is 340 g/mol. The van der Waals surface area contributed by atoms with Gasteiger partial charge in [0.25, 0.3) is 0 Å². The SMILES string of the molecule is COc1ccc(CN[C@H](C)C(=O)N[C@H](C)CCc2ccccc2)cc1. The van der Waals surface area contributed by atoms with E-state index in [9.17, 15) is 4.79 Å². The maximum Gasteiger partial charge on any atom is 0.237 e. The molecule has 1 amide bonds. The highest BCUT2D eigenvalue weighted by Gasteiger charge is 2.14. The molecular formula is C21H28N2O2. The maximum atomic E-state index is 12.3. The molecule has 4 heteroatoms. The highest BCUT2D eigenvalue weighted by Crippen LogP contribution is 2.11. The molecule has 2 aromatic rings. The van der Waals surface area contributed by atoms with E-state index in [2.05, 4.69) is 29.7 Å². The smallest absolute Gasteiger partial charge is 0.237 e. The first-order valence-corrected chi connectivity index (χ1v) is 8.79. The van der Waals surface area contributed by atoms with Crippen LogP contribution in [-0.4, -0.2) is 25.1 Å². The summed E-state index contributed by atoms with van der Waals surface area (Å²) >= 11 is 0. The molecule has 25 heavy (non-hydrogen) atoms. The Balaban J connectivity index is 1.71. The molecule has 2 atom stereocenters. The lowest BCUT2D eigenvalue weighted by molar-refractivity contribution is -0.123. The van der Waals surface area contributed by atoms with Crippen LogP contribution < -0.4 is 15.4 Å². The lowest BCUT2D eigenvalue weighted by atomic mass is 10.1. The molecule has 0 saturated heterocycles. The molecule has 0 spiro atoms. The first-order chi connectivity index (χ1) is 12.1. The van der Waals surface area contributed by atoms with E-state index in [1.165, 1.54) is 5.56 Å². The third-order valence-corrected chi connectivity index (χ3v) is 4.26. The van der Waals surface area contributed by atoms with Gasteiger partial charge in [-0.05, 0) is 49.9 Å². The van der Waals surface area contributed by atoms with E-state index in [0.29, 0.717) is 6.54 Å². The van der Waals surface area contributed by atoms with E-state index < -0.39 is 0 Å². The topological polar surface area (TPSA) is 50.4 Å². The lowest BCUT2D eigenvalue weighted by Gasteiger charge is -2.18. The number of benzene rings is 2. The molecule has 2 aromatic carbocycles. The van der Waals surface area contributed by atoms with Crippen LogP contribution in [0, 0.1) is 0 Å². The quantitative estimate of drug-likeness (QED) is 0.736. The Kier molecular flexibility index (Phi) is 7.48. The highest BCUT2D eigenvalue weighted by atomic mass is 16.5. The maximum absolute atomic E-state index is 12.3. The van der Waals surface area contributed by atoms with Gasteiger partial charge >= 0.3 is 0 Å². The molecule has 0 unspecified atom stereocenters. The second kappa shape index (κ2) is 9.84. The number of methoxy groups -OCH3 is 1. The summed E-state index contributed by atoms with van der Waals surface area (Å²) in [6.07, 6.45) is 1.90. The predicted octanol–water partition coefficient (Wildman–Crippen LogP) is 3.31. The fraction of sp³-hybridized carbons (Fsp3) is 0.381. The number of ether oxygens (including phenoxy) is 1. The van der Waals surface area contributed by atoms with E-state index in [4.69, 9.17) is 4.74 Å². The molecule has 0 fully saturated rings. The van der Waals surface area contributed by atoms with Gasteiger partial charge in [-0.25, -0.2) is 0 Å². The number of amides is 1. The third-order valence-electron chi connectivity index (χ3n) is 4.26. The molecule has 2 rings (SSSR count). The summed E-state index contributed by atoms with van der Waals surface area (Å²) in [6, 6.07) is 18.1. The molecule has 134 valence electrons. The zero-order valence-electron chi connectivity index (χ0n) is 15.3. The zero-order chi connectivity index (χ0) is 18.1. The van der Waals surface area contributed by atoms with Gasteiger partial charge in [-0.15, -0.1) is 0 Å². The summed E-state index contributed by atoms with van der Waals surface area (Å²) in [4.78, 5) is 12.3. The minimum Gasteiger partial charge on any atom is -0.497 e. The second-order valence-corrected chi connectivity index (χ2v) is 6.38. The fourth-order valence-electron chi connectivity index (χ4n) is 2.57. The predicted molar refractivity (Wildman–Crippen MR) is 102 cm³/mol. The molecule has 0 aromatic heterocycles. The molecule has 0 radical (unpaired) electrons. The lowest BCUT2D eigenvalue weighted by Crippen LogP contribution is -2.45. The molecule has 2 N–H and O–H groups in total. The van der Waals surface area contributed by atoms with Gasteiger partial charge in [0, 0.05) is 12.6 Å². The van der Waals surface area contributed by atoms with Crippen LogP contribution in [0.15, 0.2) is 54.6 Å². The average Bonchev–Trinajstić information content (AvgIpc) is 2.65. The normalized spacial score (nSPS) is 13.1. The van der Waals surface area contributed by atoms with Crippen molar-refractivity contribution in [1.82, 2.24) is 10.6 Å². The van der Waals surface area contributed by atoms with Gasteiger partial charge in [0.2, 0.25) is 5.91 Å². The number of carbonyl (C=O) groups excluding carboxylic acids is 1. The minimum absolute atomic E-state index is 0.0362. The van der Waals surface area contributed by atoms with E-state index in [-0.39, 0.29) is 18.0 Å². The van der Waals surface area contributed by atoms with Crippen molar-refractivity contribution in [2.75, 3.05) is 7.11 Å². The fourth-order valence-corrected chi connectivity index (χ4v) is 2.57. The van der Waals surface area contributed by atoms with Crippen LogP contribution in [-0.2, 0) is 17.8 Å². The van der Waals surface area contributed by atoms with Gasteiger partial charge in [0.1, 0.15) is 5.75 Å². The molecule has 4 nitrogen and oxygen atoms in total. The van der Waals surface area contributed by atoms with E-state index in [1.54, 1.807) is 7.11 Å². The molecule has 0 aliphatic carbocycles. The van der Waals surface area contributed by atoms with Crippen molar-refractivity contribution in [2.24, 2.45) is 0 Å². The zero-order valence-corrected chi connectivity index (χ0v) is 15.3. The molecule has 0 saturated carbocycles. The van der Waals surface area contributed by atoms with E-state index in [0.717, 1.165) is 24.2 Å². The van der Waals surface area contributed by atoms with Crippen molar-refractivity contribution in [3.05, 3.63) is 65.7 Å². The number of hydrogen-bond acceptors (Lipinski definition) is 3. The van der Waals surface area contributed by atoms with Gasteiger partial charge < -0.3 is 15.4 Å². The van der Waals surface area contributed by atoms with Crippen molar-refractivity contribution in [3.63, 3.8) is 0 Å². The molecule has 0 aliphatic rings. The van der Waals surface area contributed by atoms with Crippen molar-refractivity contribution in [3.8, 4) is 5.75 Å². The largest absolute Gasteiger partial charge is 0.497 e. The van der Waals surface area contributed by atoms with Gasteiger partial charge in [-0.1, -0.05) is 42.5 Å². The van der Waals surface area contributed by atoms with Crippen LogP contribution in [0.4, 0.5) is 0 Å². The molecule has 0 heterocycles. The van der Waals surface area contributed by atoms with Crippen molar-refractivity contribution >= 4 is 5.91 Å².